The highest BCUT2D eigenvalue weighted by molar-refractivity contribution is 7.81. The first-order chi connectivity index (χ1) is 8.12. The van der Waals surface area contributed by atoms with Crippen molar-refractivity contribution >= 4 is 16.4 Å². The number of rotatable bonds is 5. The van der Waals surface area contributed by atoms with Crippen LogP contribution >= 0.6 is 0 Å². The molecule has 18 heavy (non-hydrogen) atoms. The van der Waals surface area contributed by atoms with Gasteiger partial charge in [0, 0.05) is 6.42 Å². The molecule has 0 aromatic heterocycles. The molecule has 0 aliphatic heterocycles. The second kappa shape index (κ2) is 4.90. The number of benzene rings is 1. The first-order valence-electron chi connectivity index (χ1n) is 4.61. The summed E-state index contributed by atoms with van der Waals surface area (Å²) in [4.78, 5) is 10.9. The normalized spacial score (nSPS) is 15.0. The van der Waals surface area contributed by atoms with E-state index in [9.17, 15) is 13.2 Å². The SMILES string of the molecule is N[C@](Cc1ccc(O)cc1)(OS(=O)(=O)O)C(=O)O. The molecule has 0 amide bonds. The van der Waals surface area contributed by atoms with Crippen LogP contribution in [0.25, 0.3) is 0 Å². The molecule has 0 fully saturated rings. The van der Waals surface area contributed by atoms with Crippen LogP contribution in [-0.2, 0) is 25.8 Å². The summed E-state index contributed by atoms with van der Waals surface area (Å²) in [5.41, 5.74) is 2.96. The van der Waals surface area contributed by atoms with E-state index in [0.717, 1.165) is 0 Å². The molecule has 0 saturated carbocycles. The molecular weight excluding hydrogens is 266 g/mol. The van der Waals surface area contributed by atoms with E-state index < -0.39 is 28.5 Å². The molecule has 0 spiro atoms. The van der Waals surface area contributed by atoms with E-state index in [-0.39, 0.29) is 5.75 Å². The zero-order chi connectivity index (χ0) is 14.0. The molecule has 0 heterocycles. The Morgan fingerprint density at radius 1 is 1.33 bits per heavy atom. The minimum Gasteiger partial charge on any atom is -0.508 e. The van der Waals surface area contributed by atoms with Crippen LogP contribution in [-0.4, -0.2) is 34.9 Å². The van der Waals surface area contributed by atoms with Crippen LogP contribution in [0.15, 0.2) is 24.3 Å². The van der Waals surface area contributed by atoms with Gasteiger partial charge in [0.1, 0.15) is 5.75 Å². The second-order valence-corrected chi connectivity index (χ2v) is 4.57. The Balaban J connectivity index is 3.00. The van der Waals surface area contributed by atoms with Gasteiger partial charge in [-0.05, 0) is 17.7 Å². The third-order valence-electron chi connectivity index (χ3n) is 2.02. The highest BCUT2D eigenvalue weighted by atomic mass is 32.3. The average molecular weight is 277 g/mol. The first-order valence-corrected chi connectivity index (χ1v) is 5.97. The molecule has 8 nitrogen and oxygen atoms in total. The van der Waals surface area contributed by atoms with Crippen molar-refractivity contribution in [3.8, 4) is 5.75 Å². The summed E-state index contributed by atoms with van der Waals surface area (Å²) in [7, 11) is -5.01. The van der Waals surface area contributed by atoms with Gasteiger partial charge >= 0.3 is 16.4 Å². The van der Waals surface area contributed by atoms with Gasteiger partial charge in [-0.15, -0.1) is 0 Å². The highest BCUT2D eigenvalue weighted by Gasteiger charge is 2.40. The quantitative estimate of drug-likeness (QED) is 0.415. The predicted molar refractivity (Wildman–Crippen MR) is 59.0 cm³/mol. The van der Waals surface area contributed by atoms with Crippen molar-refractivity contribution in [1.82, 2.24) is 0 Å². The average Bonchev–Trinajstić information content (AvgIpc) is 2.18. The van der Waals surface area contributed by atoms with E-state index in [4.69, 9.17) is 20.5 Å². The summed E-state index contributed by atoms with van der Waals surface area (Å²) < 4.78 is 33.5. The second-order valence-electron chi connectivity index (χ2n) is 3.55. The summed E-state index contributed by atoms with van der Waals surface area (Å²) >= 11 is 0. The third kappa shape index (κ3) is 3.96. The van der Waals surface area contributed by atoms with Gasteiger partial charge in [-0.3, -0.25) is 10.3 Å². The number of phenols is 1. The van der Waals surface area contributed by atoms with Crippen molar-refractivity contribution in [2.75, 3.05) is 0 Å². The summed E-state index contributed by atoms with van der Waals surface area (Å²) in [5.74, 6) is -1.81. The molecule has 0 aliphatic carbocycles. The molecular formula is C9H11NO7S. The molecule has 0 saturated heterocycles. The topological polar surface area (TPSA) is 147 Å². The monoisotopic (exact) mass is 277 g/mol. The van der Waals surface area contributed by atoms with Gasteiger partial charge in [0.25, 0.3) is 0 Å². The van der Waals surface area contributed by atoms with Crippen molar-refractivity contribution in [2.45, 2.75) is 12.1 Å². The number of hydrogen-bond donors (Lipinski definition) is 4. The molecule has 1 aromatic carbocycles. The van der Waals surface area contributed by atoms with Crippen LogP contribution in [0.2, 0.25) is 0 Å². The molecule has 1 atom stereocenters. The van der Waals surface area contributed by atoms with Gasteiger partial charge in [-0.2, -0.15) is 8.42 Å². The molecule has 1 rings (SSSR count). The van der Waals surface area contributed by atoms with Crippen molar-refractivity contribution < 1.29 is 32.2 Å². The van der Waals surface area contributed by atoms with Crippen LogP contribution in [0.4, 0.5) is 0 Å². The number of carbonyl (C=O) groups is 1. The lowest BCUT2D eigenvalue weighted by molar-refractivity contribution is -0.155. The van der Waals surface area contributed by atoms with Gasteiger partial charge in [0.15, 0.2) is 0 Å². The first kappa shape index (κ1) is 14.4. The van der Waals surface area contributed by atoms with Crippen molar-refractivity contribution in [3.05, 3.63) is 29.8 Å². The molecule has 0 bridgehead atoms. The summed E-state index contributed by atoms with van der Waals surface area (Å²) in [6, 6.07) is 5.22. The largest absolute Gasteiger partial charge is 0.508 e. The maximum absolute atomic E-state index is 10.9. The number of nitrogens with two attached hydrogens (primary N) is 1. The van der Waals surface area contributed by atoms with E-state index in [0.29, 0.717) is 5.56 Å². The molecule has 9 heteroatoms. The number of aromatic hydroxyl groups is 1. The number of phenolic OH excluding ortho intramolecular Hbond substituents is 1. The minimum absolute atomic E-state index is 0.0487. The highest BCUT2D eigenvalue weighted by Crippen LogP contribution is 2.17. The van der Waals surface area contributed by atoms with E-state index in [1.54, 1.807) is 0 Å². The zero-order valence-electron chi connectivity index (χ0n) is 8.98. The number of carboxylic acid groups (broad SMARTS) is 1. The Labute approximate surface area is 103 Å². The van der Waals surface area contributed by atoms with Gasteiger partial charge < -0.3 is 10.2 Å². The van der Waals surface area contributed by atoms with Crippen molar-refractivity contribution in [3.63, 3.8) is 0 Å². The zero-order valence-corrected chi connectivity index (χ0v) is 9.79. The van der Waals surface area contributed by atoms with Crippen LogP contribution < -0.4 is 5.73 Å². The lowest BCUT2D eigenvalue weighted by Gasteiger charge is -2.22. The molecule has 1 aromatic rings. The maximum Gasteiger partial charge on any atom is 0.399 e. The van der Waals surface area contributed by atoms with Crippen LogP contribution in [0.3, 0.4) is 0 Å². The Bertz CT molecular complexity index is 539. The predicted octanol–water partition coefficient (Wildman–Crippen LogP) is -0.506. The van der Waals surface area contributed by atoms with Crippen molar-refractivity contribution in [2.24, 2.45) is 5.73 Å². The van der Waals surface area contributed by atoms with E-state index in [2.05, 4.69) is 4.18 Å². The van der Waals surface area contributed by atoms with Crippen LogP contribution in [0.5, 0.6) is 5.75 Å². The molecule has 100 valence electrons. The molecule has 0 aliphatic rings. The Morgan fingerprint density at radius 3 is 2.22 bits per heavy atom. The maximum atomic E-state index is 10.9. The van der Waals surface area contributed by atoms with Crippen LogP contribution in [0.1, 0.15) is 5.56 Å². The Morgan fingerprint density at radius 2 is 1.83 bits per heavy atom. The summed E-state index contributed by atoms with van der Waals surface area (Å²) in [6.07, 6.45) is -0.512. The van der Waals surface area contributed by atoms with Crippen molar-refractivity contribution in [1.29, 1.82) is 0 Å². The van der Waals surface area contributed by atoms with Gasteiger partial charge in [-0.25, -0.2) is 8.98 Å². The molecule has 0 radical (unpaired) electrons. The lowest BCUT2D eigenvalue weighted by Crippen LogP contribution is -2.53. The molecule has 0 unspecified atom stereocenters. The fourth-order valence-electron chi connectivity index (χ4n) is 1.25. The standard InChI is InChI=1S/C9H11NO7S/c10-9(8(12)13,17-18(14,15)16)5-6-1-3-7(11)4-2-6/h1-4,11H,5,10H2,(H,12,13)(H,14,15,16)/t9-/m1/s1. The van der Waals surface area contributed by atoms with E-state index >= 15 is 0 Å². The van der Waals surface area contributed by atoms with Gasteiger partial charge in [-0.1, -0.05) is 12.1 Å². The smallest absolute Gasteiger partial charge is 0.399 e. The number of aliphatic carboxylic acids is 1. The third-order valence-corrected chi connectivity index (χ3v) is 2.53. The Hall–Kier alpha value is -1.68. The van der Waals surface area contributed by atoms with Gasteiger partial charge in [0.05, 0.1) is 0 Å². The van der Waals surface area contributed by atoms with E-state index in [1.165, 1.54) is 24.3 Å². The summed E-state index contributed by atoms with van der Waals surface area (Å²) in [5, 5.41) is 17.9. The van der Waals surface area contributed by atoms with E-state index in [1.807, 2.05) is 0 Å². The summed E-state index contributed by atoms with van der Waals surface area (Å²) in [6.45, 7) is 0. The lowest BCUT2D eigenvalue weighted by atomic mass is 10.0. The number of carboxylic acids is 1. The van der Waals surface area contributed by atoms with Crippen LogP contribution in [0, 0.1) is 0 Å². The fraction of sp³-hybridized carbons (Fsp3) is 0.222. The fourth-order valence-corrected chi connectivity index (χ4v) is 1.75. The van der Waals surface area contributed by atoms with Gasteiger partial charge in [0.2, 0.25) is 5.72 Å². The Kier molecular flexibility index (Phi) is 3.92. The number of hydrogen-bond acceptors (Lipinski definition) is 6. The molecule has 5 N–H and O–H groups in total. The minimum atomic E-state index is -5.01.